The number of amides is 2. The highest BCUT2D eigenvalue weighted by molar-refractivity contribution is 7.99. The van der Waals surface area contributed by atoms with Gasteiger partial charge in [-0.1, -0.05) is 47.6 Å². The molecule has 0 bridgehead atoms. The Hall–Kier alpha value is -2.95. The van der Waals surface area contributed by atoms with Gasteiger partial charge in [-0.15, -0.1) is 28.1 Å². The number of thiazole rings is 1. The number of nitrogens with one attached hydrogen (secondary N) is 2. The van der Waals surface area contributed by atoms with Crippen LogP contribution in [-0.2, 0) is 22.7 Å². The third-order valence-corrected chi connectivity index (χ3v) is 5.86. The Labute approximate surface area is 192 Å². The molecule has 0 saturated carbocycles. The van der Waals surface area contributed by atoms with Gasteiger partial charge in [0, 0.05) is 29.2 Å². The van der Waals surface area contributed by atoms with Crippen LogP contribution in [-0.4, -0.2) is 37.3 Å². The standard InChI is InChI=1S/C20H19ClN6O2S2/c1-2-10-27-16(12-23-17(28)8-7-14-5-3-4-6-15(14)21)25-26-20(27)31-13-18(29)24-19-22-9-11-30-19/h2-9,11H,1,10,12-13H2,(H,23,28)(H,22,24,29). The van der Waals surface area contributed by atoms with Gasteiger partial charge in [-0.2, -0.15) is 0 Å². The van der Waals surface area contributed by atoms with E-state index in [1.807, 2.05) is 18.2 Å². The quantitative estimate of drug-likeness (QED) is 0.264. The van der Waals surface area contributed by atoms with Crippen molar-refractivity contribution in [2.75, 3.05) is 11.1 Å². The number of benzene rings is 1. The number of hydrogen-bond donors (Lipinski definition) is 2. The Kier molecular flexibility index (Phi) is 8.39. The van der Waals surface area contributed by atoms with Gasteiger partial charge in [0.1, 0.15) is 0 Å². The Morgan fingerprint density at radius 2 is 2.13 bits per heavy atom. The summed E-state index contributed by atoms with van der Waals surface area (Å²) < 4.78 is 1.80. The molecule has 0 aliphatic heterocycles. The van der Waals surface area contributed by atoms with Crippen LogP contribution in [0.15, 0.2) is 59.7 Å². The number of hydrogen-bond acceptors (Lipinski definition) is 7. The van der Waals surface area contributed by atoms with Gasteiger partial charge in [-0.05, 0) is 17.7 Å². The van der Waals surface area contributed by atoms with Gasteiger partial charge in [0.2, 0.25) is 11.8 Å². The second-order valence-electron chi connectivity index (χ2n) is 6.04. The van der Waals surface area contributed by atoms with Gasteiger partial charge in [-0.3, -0.25) is 9.59 Å². The molecule has 0 saturated heterocycles. The number of carbonyl (C=O) groups excluding carboxylic acids is 2. The summed E-state index contributed by atoms with van der Waals surface area (Å²) in [5, 5.41) is 17.2. The zero-order valence-corrected chi connectivity index (χ0v) is 18.7. The van der Waals surface area contributed by atoms with E-state index >= 15 is 0 Å². The Morgan fingerprint density at radius 3 is 2.87 bits per heavy atom. The molecule has 0 radical (unpaired) electrons. The van der Waals surface area contributed by atoms with E-state index in [1.54, 1.807) is 34.4 Å². The van der Waals surface area contributed by atoms with Gasteiger partial charge >= 0.3 is 0 Å². The normalized spacial score (nSPS) is 10.9. The van der Waals surface area contributed by atoms with Crippen molar-refractivity contribution in [2.45, 2.75) is 18.2 Å². The van der Waals surface area contributed by atoms with Crippen LogP contribution in [0, 0.1) is 0 Å². The zero-order valence-electron chi connectivity index (χ0n) is 16.3. The van der Waals surface area contributed by atoms with Crippen LogP contribution in [0.5, 0.6) is 0 Å². The highest BCUT2D eigenvalue weighted by Gasteiger charge is 2.14. The molecule has 11 heteroatoms. The van der Waals surface area contributed by atoms with Gasteiger partial charge in [0.05, 0.1) is 12.3 Å². The number of halogens is 1. The monoisotopic (exact) mass is 474 g/mol. The van der Waals surface area contributed by atoms with E-state index in [9.17, 15) is 9.59 Å². The average Bonchev–Trinajstić information content (AvgIpc) is 3.40. The number of nitrogens with zero attached hydrogens (tertiary/aromatic N) is 4. The van der Waals surface area contributed by atoms with Crippen molar-refractivity contribution in [1.82, 2.24) is 25.1 Å². The summed E-state index contributed by atoms with van der Waals surface area (Å²) in [6.45, 7) is 4.37. The van der Waals surface area contributed by atoms with E-state index in [0.717, 1.165) is 5.56 Å². The van der Waals surface area contributed by atoms with Crippen LogP contribution in [0.4, 0.5) is 5.13 Å². The van der Waals surface area contributed by atoms with E-state index in [0.29, 0.717) is 27.7 Å². The molecular weight excluding hydrogens is 456 g/mol. The molecule has 0 fully saturated rings. The maximum atomic E-state index is 12.2. The number of anilines is 1. The van der Waals surface area contributed by atoms with E-state index in [-0.39, 0.29) is 24.1 Å². The van der Waals surface area contributed by atoms with Crippen molar-refractivity contribution in [2.24, 2.45) is 0 Å². The van der Waals surface area contributed by atoms with Crippen molar-refractivity contribution in [1.29, 1.82) is 0 Å². The maximum absolute atomic E-state index is 12.2. The number of rotatable bonds is 10. The fourth-order valence-corrected chi connectivity index (χ4v) is 3.95. The zero-order chi connectivity index (χ0) is 22.1. The molecule has 2 aromatic heterocycles. The van der Waals surface area contributed by atoms with Crippen LogP contribution in [0.2, 0.25) is 5.02 Å². The number of aromatic nitrogens is 4. The minimum absolute atomic E-state index is 0.155. The molecule has 0 aliphatic rings. The third-order valence-electron chi connectivity index (χ3n) is 3.86. The summed E-state index contributed by atoms with van der Waals surface area (Å²) >= 11 is 8.68. The van der Waals surface area contributed by atoms with E-state index < -0.39 is 0 Å². The van der Waals surface area contributed by atoms with Crippen LogP contribution in [0.25, 0.3) is 6.08 Å². The molecule has 3 rings (SSSR count). The minimum Gasteiger partial charge on any atom is -0.345 e. The molecule has 0 spiro atoms. The molecule has 0 atom stereocenters. The predicted octanol–water partition coefficient (Wildman–Crippen LogP) is 3.63. The first-order valence-corrected chi connectivity index (χ1v) is 11.4. The highest BCUT2D eigenvalue weighted by Crippen LogP contribution is 2.19. The second-order valence-corrected chi connectivity index (χ2v) is 8.29. The Balaban J connectivity index is 1.56. The average molecular weight is 475 g/mol. The molecule has 0 unspecified atom stereocenters. The molecule has 2 amide bonds. The number of thioether (sulfide) groups is 1. The topological polar surface area (TPSA) is 102 Å². The second kappa shape index (κ2) is 11.4. The maximum Gasteiger partial charge on any atom is 0.244 e. The lowest BCUT2D eigenvalue weighted by atomic mass is 10.2. The van der Waals surface area contributed by atoms with Crippen molar-refractivity contribution in [3.8, 4) is 0 Å². The predicted molar refractivity (Wildman–Crippen MR) is 124 cm³/mol. The largest absolute Gasteiger partial charge is 0.345 e. The summed E-state index contributed by atoms with van der Waals surface area (Å²) in [6.07, 6.45) is 6.38. The fraction of sp³-hybridized carbons (Fsp3) is 0.150. The summed E-state index contributed by atoms with van der Waals surface area (Å²) in [5.74, 6) is 0.238. The van der Waals surface area contributed by atoms with Crippen molar-refractivity contribution < 1.29 is 9.59 Å². The molecule has 160 valence electrons. The molecule has 2 heterocycles. The van der Waals surface area contributed by atoms with Crippen LogP contribution in [0.3, 0.4) is 0 Å². The van der Waals surface area contributed by atoms with Crippen molar-refractivity contribution >= 4 is 57.7 Å². The molecular formula is C20H19ClN6O2S2. The SMILES string of the molecule is C=CCn1c(CNC(=O)C=Cc2ccccc2Cl)nnc1SCC(=O)Nc1nccs1. The first-order chi connectivity index (χ1) is 15.1. The smallest absolute Gasteiger partial charge is 0.244 e. The first-order valence-electron chi connectivity index (χ1n) is 9.12. The molecule has 0 aliphatic carbocycles. The van der Waals surface area contributed by atoms with Crippen molar-refractivity contribution in [3.05, 3.63) is 71.0 Å². The lowest BCUT2D eigenvalue weighted by molar-refractivity contribution is -0.116. The third kappa shape index (κ3) is 6.78. The van der Waals surface area contributed by atoms with Crippen LogP contribution in [0.1, 0.15) is 11.4 Å². The van der Waals surface area contributed by atoms with Crippen LogP contribution < -0.4 is 10.6 Å². The fourth-order valence-electron chi connectivity index (χ4n) is 2.44. The summed E-state index contributed by atoms with van der Waals surface area (Å²) in [4.78, 5) is 28.3. The molecule has 2 N–H and O–H groups in total. The minimum atomic E-state index is -0.287. The highest BCUT2D eigenvalue weighted by atomic mass is 35.5. The number of carbonyl (C=O) groups is 2. The Bertz CT molecular complexity index is 1080. The molecule has 1 aromatic carbocycles. The summed E-state index contributed by atoms with van der Waals surface area (Å²) in [5.41, 5.74) is 0.754. The summed E-state index contributed by atoms with van der Waals surface area (Å²) in [7, 11) is 0. The first kappa shape index (κ1) is 22.7. The lowest BCUT2D eigenvalue weighted by Gasteiger charge is -2.08. The van der Waals surface area contributed by atoms with Gasteiger partial charge in [0.25, 0.3) is 0 Å². The van der Waals surface area contributed by atoms with Crippen LogP contribution >= 0.6 is 34.7 Å². The molecule has 3 aromatic rings. The van der Waals surface area contributed by atoms with E-state index in [1.165, 1.54) is 29.2 Å². The van der Waals surface area contributed by atoms with Gasteiger partial charge < -0.3 is 15.2 Å². The van der Waals surface area contributed by atoms with Gasteiger partial charge in [-0.25, -0.2) is 4.98 Å². The van der Waals surface area contributed by atoms with E-state index in [4.69, 9.17) is 11.6 Å². The lowest BCUT2D eigenvalue weighted by Crippen LogP contribution is -2.23. The molecule has 8 nitrogen and oxygen atoms in total. The van der Waals surface area contributed by atoms with E-state index in [2.05, 4.69) is 32.4 Å². The van der Waals surface area contributed by atoms with Gasteiger partial charge in [0.15, 0.2) is 16.1 Å². The molecule has 31 heavy (non-hydrogen) atoms. The summed E-state index contributed by atoms with van der Waals surface area (Å²) in [6, 6.07) is 7.25. The van der Waals surface area contributed by atoms with Crippen molar-refractivity contribution in [3.63, 3.8) is 0 Å². The number of allylic oxidation sites excluding steroid dienone is 1. The Morgan fingerprint density at radius 1 is 1.29 bits per heavy atom.